The summed E-state index contributed by atoms with van der Waals surface area (Å²) in [6.07, 6.45) is 0.669. The molecule has 0 amide bonds. The average Bonchev–Trinajstić information content (AvgIpc) is 3.03. The molecular formula is C20H20N2O4S2. The number of methoxy groups -OCH3 is 1. The summed E-state index contributed by atoms with van der Waals surface area (Å²) < 4.78 is 12.2. The van der Waals surface area contributed by atoms with Gasteiger partial charge in [-0.3, -0.25) is 14.2 Å². The van der Waals surface area contributed by atoms with Gasteiger partial charge in [-0.15, -0.1) is 11.3 Å². The number of benzene rings is 1. The molecule has 0 unspecified atom stereocenters. The summed E-state index contributed by atoms with van der Waals surface area (Å²) in [5, 5.41) is 1.13. The van der Waals surface area contributed by atoms with E-state index in [1.54, 1.807) is 4.57 Å². The Morgan fingerprint density at radius 3 is 2.82 bits per heavy atom. The van der Waals surface area contributed by atoms with Crippen molar-refractivity contribution in [2.24, 2.45) is 0 Å². The number of ether oxygens (including phenoxy) is 2. The number of rotatable bonds is 4. The lowest BCUT2D eigenvalue weighted by atomic mass is 9.94. The van der Waals surface area contributed by atoms with Gasteiger partial charge in [-0.05, 0) is 31.5 Å². The zero-order valence-electron chi connectivity index (χ0n) is 15.9. The van der Waals surface area contributed by atoms with E-state index in [2.05, 4.69) is 0 Å². The van der Waals surface area contributed by atoms with Gasteiger partial charge >= 0.3 is 5.97 Å². The Morgan fingerprint density at radius 1 is 1.36 bits per heavy atom. The van der Waals surface area contributed by atoms with Crippen LogP contribution < -0.4 is 5.56 Å². The number of thioether (sulfide) groups is 1. The van der Waals surface area contributed by atoms with Crippen LogP contribution in [0.25, 0.3) is 15.9 Å². The first kappa shape index (κ1) is 19.2. The highest BCUT2D eigenvalue weighted by molar-refractivity contribution is 7.99. The largest absolute Gasteiger partial charge is 0.468 e. The highest BCUT2D eigenvalue weighted by atomic mass is 32.2. The Morgan fingerprint density at radius 2 is 2.11 bits per heavy atom. The lowest BCUT2D eigenvalue weighted by Crippen LogP contribution is -2.32. The maximum atomic E-state index is 13.6. The van der Waals surface area contributed by atoms with Crippen molar-refractivity contribution in [3.63, 3.8) is 0 Å². The predicted molar refractivity (Wildman–Crippen MR) is 111 cm³/mol. The van der Waals surface area contributed by atoms with Crippen LogP contribution >= 0.6 is 23.1 Å². The zero-order chi connectivity index (χ0) is 19.9. The standard InChI is InChI=1S/C20H20N2O4S2/c1-20(2)9-13-14(10-26-20)28-17-16(13)18(24)22(12-7-5-4-6-8-12)19(21-17)27-11-15(23)25-3/h4-8H,9-11H2,1-3H3. The molecule has 0 saturated carbocycles. The van der Waals surface area contributed by atoms with Crippen molar-refractivity contribution in [1.29, 1.82) is 0 Å². The van der Waals surface area contributed by atoms with Gasteiger partial charge in [0.05, 0.1) is 36.1 Å². The second-order valence-corrected chi connectivity index (χ2v) is 9.17. The molecule has 0 N–H and O–H groups in total. The minimum atomic E-state index is -0.361. The molecular weight excluding hydrogens is 396 g/mol. The van der Waals surface area contributed by atoms with E-state index in [0.29, 0.717) is 28.4 Å². The maximum Gasteiger partial charge on any atom is 0.316 e. The minimum Gasteiger partial charge on any atom is -0.468 e. The van der Waals surface area contributed by atoms with Gasteiger partial charge in [-0.1, -0.05) is 30.0 Å². The number of hydrogen-bond donors (Lipinski definition) is 0. The molecule has 0 fully saturated rings. The van der Waals surface area contributed by atoms with Crippen molar-refractivity contribution in [3.8, 4) is 5.69 Å². The van der Waals surface area contributed by atoms with E-state index in [1.165, 1.54) is 30.2 Å². The Kier molecular flexibility index (Phi) is 5.03. The monoisotopic (exact) mass is 416 g/mol. The molecule has 0 aliphatic carbocycles. The molecule has 146 valence electrons. The van der Waals surface area contributed by atoms with Crippen molar-refractivity contribution in [3.05, 3.63) is 51.1 Å². The van der Waals surface area contributed by atoms with Gasteiger partial charge in [-0.2, -0.15) is 0 Å². The van der Waals surface area contributed by atoms with E-state index in [1.807, 2.05) is 44.2 Å². The first-order valence-electron chi connectivity index (χ1n) is 8.86. The van der Waals surface area contributed by atoms with Crippen molar-refractivity contribution < 1.29 is 14.3 Å². The fourth-order valence-corrected chi connectivity index (χ4v) is 5.25. The number of aromatic nitrogens is 2. The SMILES string of the molecule is COC(=O)CSc1nc2sc3c(c2c(=O)n1-c1ccccc1)CC(C)(C)OC3. The van der Waals surface area contributed by atoms with Gasteiger partial charge in [0.2, 0.25) is 0 Å². The molecule has 6 nitrogen and oxygen atoms in total. The number of nitrogens with zero attached hydrogens (tertiary/aromatic N) is 2. The van der Waals surface area contributed by atoms with E-state index in [0.717, 1.165) is 16.1 Å². The molecule has 0 radical (unpaired) electrons. The van der Waals surface area contributed by atoms with Gasteiger partial charge in [0.1, 0.15) is 4.83 Å². The number of carbonyl (C=O) groups is 1. The molecule has 0 spiro atoms. The first-order chi connectivity index (χ1) is 13.4. The number of para-hydroxylation sites is 1. The fraction of sp³-hybridized carbons (Fsp3) is 0.350. The van der Waals surface area contributed by atoms with E-state index in [-0.39, 0.29) is 22.9 Å². The Bertz CT molecular complexity index is 1100. The smallest absolute Gasteiger partial charge is 0.316 e. The summed E-state index contributed by atoms with van der Waals surface area (Å²) >= 11 is 2.70. The van der Waals surface area contributed by atoms with E-state index in [9.17, 15) is 9.59 Å². The van der Waals surface area contributed by atoms with Crippen LogP contribution in [0.15, 0.2) is 40.3 Å². The minimum absolute atomic E-state index is 0.0858. The third-order valence-electron chi connectivity index (χ3n) is 4.64. The number of esters is 1. The van der Waals surface area contributed by atoms with Crippen molar-refractivity contribution in [1.82, 2.24) is 9.55 Å². The predicted octanol–water partition coefficient (Wildman–Crippen LogP) is 3.56. The Labute approximate surface area is 170 Å². The average molecular weight is 417 g/mol. The second kappa shape index (κ2) is 7.35. The highest BCUT2D eigenvalue weighted by Crippen LogP contribution is 2.37. The van der Waals surface area contributed by atoms with Crippen LogP contribution in [0, 0.1) is 0 Å². The van der Waals surface area contributed by atoms with Crippen LogP contribution in [0.2, 0.25) is 0 Å². The zero-order valence-corrected chi connectivity index (χ0v) is 17.5. The summed E-state index contributed by atoms with van der Waals surface area (Å²) in [5.41, 5.74) is 1.32. The summed E-state index contributed by atoms with van der Waals surface area (Å²) in [4.78, 5) is 31.7. The Balaban J connectivity index is 1.93. The molecule has 8 heteroatoms. The van der Waals surface area contributed by atoms with Crippen LogP contribution in [0.5, 0.6) is 0 Å². The molecule has 0 saturated heterocycles. The fourth-order valence-electron chi connectivity index (χ4n) is 3.26. The van der Waals surface area contributed by atoms with Crippen LogP contribution in [0.3, 0.4) is 0 Å². The third-order valence-corrected chi connectivity index (χ3v) is 6.65. The molecule has 3 heterocycles. The Hall–Kier alpha value is -2.16. The van der Waals surface area contributed by atoms with E-state index in [4.69, 9.17) is 14.5 Å². The second-order valence-electron chi connectivity index (χ2n) is 7.14. The summed E-state index contributed by atoms with van der Waals surface area (Å²) in [7, 11) is 1.35. The number of fused-ring (bicyclic) bond motifs is 3. The normalized spacial score (nSPS) is 15.4. The van der Waals surface area contributed by atoms with Crippen LogP contribution in [-0.4, -0.2) is 34.0 Å². The lowest BCUT2D eigenvalue weighted by Gasteiger charge is -2.29. The van der Waals surface area contributed by atoms with Gasteiger partial charge in [0.15, 0.2) is 5.16 Å². The molecule has 2 aromatic heterocycles. The molecule has 0 bridgehead atoms. The van der Waals surface area contributed by atoms with Crippen molar-refractivity contribution in [2.45, 2.75) is 37.6 Å². The topological polar surface area (TPSA) is 70.4 Å². The highest BCUT2D eigenvalue weighted by Gasteiger charge is 2.31. The van der Waals surface area contributed by atoms with Crippen LogP contribution in [0.1, 0.15) is 24.3 Å². The van der Waals surface area contributed by atoms with Gasteiger partial charge in [-0.25, -0.2) is 4.98 Å². The van der Waals surface area contributed by atoms with Gasteiger partial charge in [0, 0.05) is 11.3 Å². The van der Waals surface area contributed by atoms with E-state index >= 15 is 0 Å². The van der Waals surface area contributed by atoms with Gasteiger partial charge < -0.3 is 9.47 Å². The number of carbonyl (C=O) groups excluding carboxylic acids is 1. The lowest BCUT2D eigenvalue weighted by molar-refractivity contribution is -0.137. The number of hydrogen-bond acceptors (Lipinski definition) is 7. The molecule has 1 aliphatic rings. The molecule has 3 aromatic rings. The molecule has 1 aromatic carbocycles. The van der Waals surface area contributed by atoms with E-state index < -0.39 is 0 Å². The molecule has 1 aliphatic heterocycles. The third kappa shape index (κ3) is 3.47. The summed E-state index contributed by atoms with van der Waals surface area (Å²) in [5.74, 6) is -0.276. The van der Waals surface area contributed by atoms with Crippen molar-refractivity contribution in [2.75, 3.05) is 12.9 Å². The molecule has 0 atom stereocenters. The summed E-state index contributed by atoms with van der Waals surface area (Å²) in [6, 6.07) is 9.38. The summed E-state index contributed by atoms with van der Waals surface area (Å²) in [6.45, 7) is 4.55. The van der Waals surface area contributed by atoms with Crippen LogP contribution in [-0.2, 0) is 27.3 Å². The van der Waals surface area contributed by atoms with Crippen molar-refractivity contribution >= 4 is 39.3 Å². The molecule has 28 heavy (non-hydrogen) atoms. The van der Waals surface area contributed by atoms with Gasteiger partial charge in [0.25, 0.3) is 5.56 Å². The molecule has 4 rings (SSSR count). The first-order valence-corrected chi connectivity index (χ1v) is 10.7. The van der Waals surface area contributed by atoms with Crippen LogP contribution in [0.4, 0.5) is 0 Å². The quantitative estimate of drug-likeness (QED) is 0.368. The number of thiophene rings is 1. The maximum absolute atomic E-state index is 13.6.